The third-order valence-corrected chi connectivity index (χ3v) is 5.52. The van der Waals surface area contributed by atoms with Crippen LogP contribution in [0.3, 0.4) is 0 Å². The summed E-state index contributed by atoms with van der Waals surface area (Å²) in [5.41, 5.74) is 0. The fourth-order valence-electron chi connectivity index (χ4n) is 3.88. The predicted octanol–water partition coefficient (Wildman–Crippen LogP) is 1.48. The summed E-state index contributed by atoms with van der Waals surface area (Å²) in [7, 11) is 0. The standard InChI is InChI=1S/C20H36N4O4.HI/c1-2-21-20(22-8-4-14-27-17-6-15-26-16-7-17)24-11-9-23(10-12-24)19(25)18-5-3-13-28-18;/h17-18H,2-16H2,1H3,(H,21,22);1H. The second kappa shape index (κ2) is 13.6. The average Bonchev–Trinajstić information content (AvgIpc) is 3.28. The van der Waals surface area contributed by atoms with Crippen molar-refractivity contribution < 1.29 is 19.0 Å². The minimum atomic E-state index is -0.218. The van der Waals surface area contributed by atoms with Crippen LogP contribution in [0.2, 0.25) is 0 Å². The fourth-order valence-corrected chi connectivity index (χ4v) is 3.88. The van der Waals surface area contributed by atoms with Crippen LogP contribution in [0.15, 0.2) is 4.99 Å². The van der Waals surface area contributed by atoms with E-state index in [2.05, 4.69) is 17.1 Å². The Labute approximate surface area is 191 Å². The van der Waals surface area contributed by atoms with Crippen LogP contribution in [0.4, 0.5) is 0 Å². The molecule has 9 heteroatoms. The van der Waals surface area contributed by atoms with Gasteiger partial charge in [-0.05, 0) is 39.0 Å². The zero-order chi connectivity index (χ0) is 19.6. The molecule has 0 aliphatic carbocycles. The Morgan fingerprint density at radius 1 is 1.10 bits per heavy atom. The molecule has 3 heterocycles. The molecule has 0 spiro atoms. The molecule has 0 saturated carbocycles. The van der Waals surface area contributed by atoms with Gasteiger partial charge in [0.25, 0.3) is 5.91 Å². The Morgan fingerprint density at radius 3 is 2.48 bits per heavy atom. The Kier molecular flexibility index (Phi) is 11.6. The number of amides is 1. The number of halogens is 1. The molecule has 0 aromatic heterocycles. The lowest BCUT2D eigenvalue weighted by Crippen LogP contribution is -2.55. The van der Waals surface area contributed by atoms with Gasteiger partial charge < -0.3 is 29.3 Å². The van der Waals surface area contributed by atoms with Gasteiger partial charge in [0, 0.05) is 65.7 Å². The zero-order valence-electron chi connectivity index (χ0n) is 17.6. The van der Waals surface area contributed by atoms with Crippen LogP contribution in [0.25, 0.3) is 0 Å². The highest BCUT2D eigenvalue weighted by atomic mass is 127. The molecule has 3 aliphatic rings. The number of hydrogen-bond acceptors (Lipinski definition) is 5. The van der Waals surface area contributed by atoms with Crippen LogP contribution in [0.5, 0.6) is 0 Å². The lowest BCUT2D eigenvalue weighted by Gasteiger charge is -2.37. The monoisotopic (exact) mass is 524 g/mol. The molecule has 3 aliphatic heterocycles. The van der Waals surface area contributed by atoms with Gasteiger partial charge in [0.1, 0.15) is 6.10 Å². The Bertz CT molecular complexity index is 503. The smallest absolute Gasteiger partial charge is 0.251 e. The normalized spacial score (nSPS) is 23.8. The maximum atomic E-state index is 12.5. The van der Waals surface area contributed by atoms with Gasteiger partial charge in [-0.15, -0.1) is 24.0 Å². The quantitative estimate of drug-likeness (QED) is 0.236. The molecule has 1 unspecified atom stereocenters. The van der Waals surface area contributed by atoms with E-state index in [9.17, 15) is 4.79 Å². The van der Waals surface area contributed by atoms with Gasteiger partial charge >= 0.3 is 0 Å². The van der Waals surface area contributed by atoms with Gasteiger partial charge in [-0.2, -0.15) is 0 Å². The van der Waals surface area contributed by atoms with E-state index in [1.54, 1.807) is 0 Å². The molecule has 0 aromatic carbocycles. The third-order valence-electron chi connectivity index (χ3n) is 5.52. The first-order chi connectivity index (χ1) is 13.8. The fraction of sp³-hybridized carbons (Fsp3) is 0.900. The SMILES string of the molecule is CCNC(=NCCCOC1CCOCC1)N1CCN(C(=O)C2CCCO2)CC1.I. The van der Waals surface area contributed by atoms with E-state index in [-0.39, 0.29) is 36.0 Å². The summed E-state index contributed by atoms with van der Waals surface area (Å²) in [6.07, 6.45) is 4.90. The van der Waals surface area contributed by atoms with E-state index in [4.69, 9.17) is 19.2 Å². The molecule has 8 nitrogen and oxygen atoms in total. The van der Waals surface area contributed by atoms with Crippen LogP contribution in [0, 0.1) is 0 Å². The second-order valence-corrected chi connectivity index (χ2v) is 7.59. The summed E-state index contributed by atoms with van der Waals surface area (Å²) in [6, 6.07) is 0. The number of rotatable bonds is 7. The first-order valence-corrected chi connectivity index (χ1v) is 10.9. The van der Waals surface area contributed by atoms with Crippen LogP contribution in [-0.2, 0) is 19.0 Å². The molecule has 1 atom stereocenters. The number of guanidine groups is 1. The van der Waals surface area contributed by atoms with E-state index in [1.807, 2.05) is 4.90 Å². The highest BCUT2D eigenvalue weighted by Crippen LogP contribution is 2.16. The molecule has 3 fully saturated rings. The van der Waals surface area contributed by atoms with Crippen LogP contribution in [-0.4, -0.2) is 99.6 Å². The summed E-state index contributed by atoms with van der Waals surface area (Å²) < 4.78 is 16.8. The highest BCUT2D eigenvalue weighted by Gasteiger charge is 2.30. The summed E-state index contributed by atoms with van der Waals surface area (Å²) in [5, 5.41) is 3.38. The Hall–Kier alpha value is -0.650. The van der Waals surface area contributed by atoms with Gasteiger partial charge in [0.15, 0.2) is 5.96 Å². The summed E-state index contributed by atoms with van der Waals surface area (Å²) >= 11 is 0. The first-order valence-electron chi connectivity index (χ1n) is 10.9. The van der Waals surface area contributed by atoms with E-state index < -0.39 is 0 Å². The van der Waals surface area contributed by atoms with Crippen molar-refractivity contribution in [2.75, 3.05) is 65.7 Å². The molecule has 0 aromatic rings. The topological polar surface area (TPSA) is 75.6 Å². The number of piperazine rings is 1. The summed E-state index contributed by atoms with van der Waals surface area (Å²) in [5.74, 6) is 1.10. The predicted molar refractivity (Wildman–Crippen MR) is 123 cm³/mol. The summed E-state index contributed by atoms with van der Waals surface area (Å²) in [6.45, 7) is 9.85. The van der Waals surface area contributed by atoms with E-state index >= 15 is 0 Å². The van der Waals surface area contributed by atoms with Crippen molar-refractivity contribution in [3.8, 4) is 0 Å². The molecule has 3 saturated heterocycles. The highest BCUT2D eigenvalue weighted by molar-refractivity contribution is 14.0. The number of carbonyl (C=O) groups excluding carboxylic acids is 1. The maximum Gasteiger partial charge on any atom is 0.251 e. The Morgan fingerprint density at radius 2 is 1.83 bits per heavy atom. The minimum Gasteiger partial charge on any atom is -0.381 e. The van der Waals surface area contributed by atoms with E-state index in [1.165, 1.54) is 0 Å². The van der Waals surface area contributed by atoms with Crippen LogP contribution < -0.4 is 5.32 Å². The van der Waals surface area contributed by atoms with Crippen molar-refractivity contribution in [1.29, 1.82) is 0 Å². The molecule has 0 radical (unpaired) electrons. The number of aliphatic imine (C=N–C) groups is 1. The van der Waals surface area contributed by atoms with Crippen molar-refractivity contribution in [3.63, 3.8) is 0 Å². The second-order valence-electron chi connectivity index (χ2n) is 7.59. The molecule has 168 valence electrons. The molecule has 1 amide bonds. The van der Waals surface area contributed by atoms with Gasteiger partial charge in [0.2, 0.25) is 0 Å². The van der Waals surface area contributed by atoms with Gasteiger partial charge in [0.05, 0.1) is 6.10 Å². The van der Waals surface area contributed by atoms with E-state index in [0.29, 0.717) is 12.7 Å². The van der Waals surface area contributed by atoms with Crippen LogP contribution in [0.1, 0.15) is 39.0 Å². The number of nitrogens with one attached hydrogen (secondary N) is 1. The molecular formula is C20H37IN4O4. The third kappa shape index (κ3) is 7.84. The molecule has 29 heavy (non-hydrogen) atoms. The molecular weight excluding hydrogens is 487 g/mol. The van der Waals surface area contributed by atoms with Gasteiger partial charge in [-0.25, -0.2) is 0 Å². The van der Waals surface area contributed by atoms with Gasteiger partial charge in [-0.1, -0.05) is 0 Å². The van der Waals surface area contributed by atoms with Gasteiger partial charge in [-0.3, -0.25) is 9.79 Å². The number of ether oxygens (including phenoxy) is 3. The van der Waals surface area contributed by atoms with Crippen molar-refractivity contribution >= 4 is 35.8 Å². The van der Waals surface area contributed by atoms with Crippen molar-refractivity contribution in [2.45, 2.75) is 51.2 Å². The Balaban J connectivity index is 0.00000300. The number of nitrogens with zero attached hydrogens (tertiary/aromatic N) is 3. The maximum absolute atomic E-state index is 12.5. The number of hydrogen-bond donors (Lipinski definition) is 1. The lowest BCUT2D eigenvalue weighted by atomic mass is 10.1. The molecule has 0 bridgehead atoms. The molecule has 1 N–H and O–H groups in total. The van der Waals surface area contributed by atoms with Crippen molar-refractivity contribution in [1.82, 2.24) is 15.1 Å². The van der Waals surface area contributed by atoms with E-state index in [0.717, 1.165) is 97.2 Å². The largest absolute Gasteiger partial charge is 0.381 e. The first kappa shape index (κ1) is 24.6. The van der Waals surface area contributed by atoms with Crippen LogP contribution >= 0.6 is 24.0 Å². The summed E-state index contributed by atoms with van der Waals surface area (Å²) in [4.78, 5) is 21.5. The van der Waals surface area contributed by atoms with Crippen molar-refractivity contribution in [2.24, 2.45) is 4.99 Å². The zero-order valence-corrected chi connectivity index (χ0v) is 20.0. The molecule has 3 rings (SSSR count). The minimum absolute atomic E-state index is 0. The average molecular weight is 524 g/mol. The number of carbonyl (C=O) groups is 1. The van der Waals surface area contributed by atoms with Crippen molar-refractivity contribution in [3.05, 3.63) is 0 Å². The lowest BCUT2D eigenvalue weighted by molar-refractivity contribution is -0.142.